The third-order valence-corrected chi connectivity index (χ3v) is 3.70. The monoisotopic (exact) mass is 264 g/mol. The highest BCUT2D eigenvalue weighted by molar-refractivity contribution is 7.91. The zero-order valence-corrected chi connectivity index (χ0v) is 10.1. The van der Waals surface area contributed by atoms with Gasteiger partial charge in [0, 0.05) is 25.8 Å². The molecule has 0 unspecified atom stereocenters. The maximum Gasteiger partial charge on any atom is 0.341 e. The molecule has 4 nitrogen and oxygen atoms in total. The predicted molar refractivity (Wildman–Crippen MR) is 62.0 cm³/mol. The van der Waals surface area contributed by atoms with Gasteiger partial charge in [-0.3, -0.25) is 0 Å². The van der Waals surface area contributed by atoms with Gasteiger partial charge < -0.3 is 10.6 Å². The van der Waals surface area contributed by atoms with Crippen LogP contribution in [0.5, 0.6) is 0 Å². The number of rotatable bonds is 5. The van der Waals surface area contributed by atoms with Gasteiger partial charge in [-0.05, 0) is 24.3 Å². The second-order valence-electron chi connectivity index (χ2n) is 3.51. The minimum absolute atomic E-state index is 0.377. The molecule has 0 spiro atoms. The Morgan fingerprint density at radius 2 is 1.82 bits per heavy atom. The van der Waals surface area contributed by atoms with Gasteiger partial charge in [-0.25, -0.2) is 8.42 Å². The van der Waals surface area contributed by atoms with Crippen molar-refractivity contribution in [1.82, 2.24) is 0 Å². The van der Waals surface area contributed by atoms with E-state index in [1.165, 1.54) is 24.3 Å². The van der Waals surface area contributed by atoms with E-state index in [2.05, 4.69) is 0 Å². The number of alkyl halides is 2. The van der Waals surface area contributed by atoms with Crippen molar-refractivity contribution in [3.63, 3.8) is 0 Å². The molecule has 0 aliphatic rings. The molecule has 0 radical (unpaired) electrons. The van der Waals surface area contributed by atoms with Crippen LogP contribution in [0.1, 0.15) is 0 Å². The maximum atomic E-state index is 12.3. The first-order valence-electron chi connectivity index (χ1n) is 4.93. The molecule has 0 saturated heterocycles. The van der Waals surface area contributed by atoms with Gasteiger partial charge in [-0.15, -0.1) is 0 Å². The Kier molecular flexibility index (Phi) is 4.41. The molecule has 0 aromatic heterocycles. The highest BCUT2D eigenvalue weighted by Gasteiger charge is 2.26. The van der Waals surface area contributed by atoms with E-state index in [-0.39, 0.29) is 4.90 Å². The van der Waals surface area contributed by atoms with Crippen molar-refractivity contribution in [2.45, 2.75) is 10.7 Å². The number of halogens is 2. The highest BCUT2D eigenvalue weighted by Crippen LogP contribution is 2.21. The van der Waals surface area contributed by atoms with Gasteiger partial charge >= 0.3 is 5.76 Å². The fraction of sp³-hybridized carbons (Fsp3) is 0.400. The average Bonchev–Trinajstić information content (AvgIpc) is 2.29. The molecule has 0 bridgehead atoms. The number of hydrogen-bond donors (Lipinski definition) is 1. The lowest BCUT2D eigenvalue weighted by atomic mass is 10.3. The molecule has 0 amide bonds. The van der Waals surface area contributed by atoms with E-state index in [9.17, 15) is 17.2 Å². The van der Waals surface area contributed by atoms with Gasteiger partial charge in [0.25, 0.3) is 0 Å². The fourth-order valence-electron chi connectivity index (χ4n) is 1.32. The van der Waals surface area contributed by atoms with Gasteiger partial charge in [-0.2, -0.15) is 8.78 Å². The topological polar surface area (TPSA) is 63.4 Å². The molecular weight excluding hydrogens is 250 g/mol. The smallest absolute Gasteiger partial charge is 0.341 e. The van der Waals surface area contributed by atoms with Gasteiger partial charge in [0.2, 0.25) is 9.84 Å². The van der Waals surface area contributed by atoms with Crippen molar-refractivity contribution in [1.29, 1.82) is 0 Å². The van der Waals surface area contributed by atoms with Crippen LogP contribution >= 0.6 is 0 Å². The standard InChI is InChI=1S/C10H14F2N2O2S/c1-14(7-6-13)8-2-4-9(5-3-8)17(15,16)10(11)12/h2-5,10H,6-7,13H2,1H3. The minimum Gasteiger partial charge on any atom is -0.373 e. The van der Waals surface area contributed by atoms with Crippen molar-refractivity contribution >= 4 is 15.5 Å². The fourth-order valence-corrected chi connectivity index (χ4v) is 2.04. The lowest BCUT2D eigenvalue weighted by Crippen LogP contribution is -2.24. The molecule has 1 rings (SSSR count). The summed E-state index contributed by atoms with van der Waals surface area (Å²) in [6.45, 7) is 1.05. The minimum atomic E-state index is -4.51. The van der Waals surface area contributed by atoms with E-state index < -0.39 is 15.6 Å². The van der Waals surface area contributed by atoms with Crippen molar-refractivity contribution in [3.8, 4) is 0 Å². The number of sulfone groups is 1. The van der Waals surface area contributed by atoms with Crippen LogP contribution in [0, 0.1) is 0 Å². The Morgan fingerprint density at radius 3 is 2.24 bits per heavy atom. The predicted octanol–water partition coefficient (Wildman–Crippen LogP) is 1.08. The summed E-state index contributed by atoms with van der Waals surface area (Å²) >= 11 is 0. The third kappa shape index (κ3) is 3.13. The van der Waals surface area contributed by atoms with Gasteiger partial charge in [-0.1, -0.05) is 0 Å². The van der Waals surface area contributed by atoms with E-state index in [1.54, 1.807) is 11.9 Å². The quantitative estimate of drug-likeness (QED) is 0.864. The molecule has 0 aliphatic carbocycles. The average molecular weight is 264 g/mol. The molecule has 2 N–H and O–H groups in total. The summed E-state index contributed by atoms with van der Waals surface area (Å²) in [6, 6.07) is 5.30. The number of nitrogens with two attached hydrogens (primary N) is 1. The lowest BCUT2D eigenvalue weighted by molar-refractivity contribution is 0.234. The zero-order chi connectivity index (χ0) is 13.1. The third-order valence-electron chi connectivity index (χ3n) is 2.31. The summed E-state index contributed by atoms with van der Waals surface area (Å²) in [5.41, 5.74) is 6.09. The summed E-state index contributed by atoms with van der Waals surface area (Å²) in [6.07, 6.45) is 0. The van der Waals surface area contributed by atoms with Crippen molar-refractivity contribution in [2.75, 3.05) is 25.0 Å². The number of nitrogens with zero attached hydrogens (tertiary/aromatic N) is 1. The Bertz CT molecular complexity index is 460. The molecule has 0 heterocycles. The lowest BCUT2D eigenvalue weighted by Gasteiger charge is -2.18. The van der Waals surface area contributed by atoms with Crippen LogP contribution in [0.2, 0.25) is 0 Å². The molecule has 0 fully saturated rings. The van der Waals surface area contributed by atoms with E-state index >= 15 is 0 Å². The molecule has 17 heavy (non-hydrogen) atoms. The summed E-state index contributed by atoms with van der Waals surface area (Å²) in [7, 11) is -2.73. The Morgan fingerprint density at radius 1 is 1.29 bits per heavy atom. The molecule has 0 atom stereocenters. The SMILES string of the molecule is CN(CCN)c1ccc(S(=O)(=O)C(F)F)cc1. The van der Waals surface area contributed by atoms with Gasteiger partial charge in [0.05, 0.1) is 4.90 Å². The first-order chi connectivity index (χ1) is 7.89. The van der Waals surface area contributed by atoms with E-state index in [0.29, 0.717) is 13.1 Å². The first kappa shape index (κ1) is 13.9. The zero-order valence-electron chi connectivity index (χ0n) is 9.31. The normalized spacial score (nSPS) is 11.8. The summed E-state index contributed by atoms with van der Waals surface area (Å²) in [5, 5.41) is 0. The van der Waals surface area contributed by atoms with Crippen LogP contribution in [0.4, 0.5) is 14.5 Å². The second-order valence-corrected chi connectivity index (χ2v) is 5.43. The van der Waals surface area contributed by atoms with Crippen molar-refractivity contribution < 1.29 is 17.2 Å². The number of likely N-dealkylation sites (N-methyl/N-ethyl adjacent to an activating group) is 1. The summed E-state index contributed by atoms with van der Waals surface area (Å²) < 4.78 is 46.8. The van der Waals surface area contributed by atoms with E-state index in [0.717, 1.165) is 5.69 Å². The summed E-state index contributed by atoms with van der Waals surface area (Å²) in [5.74, 6) is -3.39. The number of hydrogen-bond acceptors (Lipinski definition) is 4. The second kappa shape index (κ2) is 5.42. The van der Waals surface area contributed by atoms with Crippen molar-refractivity contribution in [3.05, 3.63) is 24.3 Å². The molecule has 0 aliphatic heterocycles. The number of anilines is 1. The van der Waals surface area contributed by atoms with Gasteiger partial charge in [0.1, 0.15) is 0 Å². The van der Waals surface area contributed by atoms with Crippen LogP contribution in [0.25, 0.3) is 0 Å². The maximum absolute atomic E-state index is 12.3. The van der Waals surface area contributed by atoms with Crippen LogP contribution in [-0.2, 0) is 9.84 Å². The van der Waals surface area contributed by atoms with E-state index in [4.69, 9.17) is 5.73 Å². The Balaban J connectivity index is 2.96. The highest BCUT2D eigenvalue weighted by atomic mass is 32.2. The molecule has 1 aromatic rings. The van der Waals surface area contributed by atoms with Crippen LogP contribution in [0.3, 0.4) is 0 Å². The Hall–Kier alpha value is -1.21. The van der Waals surface area contributed by atoms with Crippen LogP contribution < -0.4 is 10.6 Å². The number of benzene rings is 1. The van der Waals surface area contributed by atoms with Crippen molar-refractivity contribution in [2.24, 2.45) is 5.73 Å². The largest absolute Gasteiger partial charge is 0.373 e. The summed E-state index contributed by atoms with van der Waals surface area (Å²) in [4.78, 5) is 1.43. The van der Waals surface area contributed by atoms with Crippen LogP contribution in [-0.4, -0.2) is 34.3 Å². The molecule has 7 heteroatoms. The first-order valence-corrected chi connectivity index (χ1v) is 6.47. The molecule has 0 saturated carbocycles. The Labute approximate surface area is 98.9 Å². The van der Waals surface area contributed by atoms with E-state index in [1.807, 2.05) is 0 Å². The molecule has 1 aromatic carbocycles. The molecule has 96 valence electrons. The van der Waals surface area contributed by atoms with Crippen LogP contribution in [0.15, 0.2) is 29.2 Å². The van der Waals surface area contributed by atoms with Gasteiger partial charge in [0.15, 0.2) is 0 Å². The molecular formula is C10H14F2N2O2S.